The molecule has 0 saturated heterocycles. The van der Waals surface area contributed by atoms with Crippen molar-refractivity contribution < 1.29 is 22.4 Å². The molecule has 0 aliphatic carbocycles. The monoisotopic (exact) mass is 693 g/mol. The van der Waals surface area contributed by atoms with Gasteiger partial charge in [0.25, 0.3) is 10.0 Å². The first kappa shape index (κ1) is 33.9. The second kappa shape index (κ2) is 15.3. The van der Waals surface area contributed by atoms with Crippen LogP contribution in [0.15, 0.2) is 112 Å². The molecule has 1 atom stereocenters. The highest BCUT2D eigenvalue weighted by atomic mass is 79.9. The van der Waals surface area contributed by atoms with Crippen LogP contribution in [0.25, 0.3) is 0 Å². The Morgan fingerprint density at radius 3 is 2.07 bits per heavy atom. The zero-order chi connectivity index (χ0) is 32.6. The minimum atomic E-state index is -4.26. The van der Waals surface area contributed by atoms with E-state index in [-0.39, 0.29) is 35.4 Å². The Morgan fingerprint density at radius 2 is 1.47 bits per heavy atom. The number of rotatable bonds is 13. The van der Waals surface area contributed by atoms with E-state index in [1.807, 2.05) is 75.4 Å². The molecule has 2 amide bonds. The van der Waals surface area contributed by atoms with Gasteiger partial charge in [0, 0.05) is 24.0 Å². The van der Waals surface area contributed by atoms with Gasteiger partial charge in [-0.25, -0.2) is 12.8 Å². The van der Waals surface area contributed by atoms with Gasteiger partial charge in [-0.05, 0) is 72.5 Å². The van der Waals surface area contributed by atoms with Crippen LogP contribution < -0.4 is 9.62 Å². The van der Waals surface area contributed by atoms with Crippen molar-refractivity contribution in [1.82, 2.24) is 10.2 Å². The molecule has 0 fully saturated rings. The second-order valence-electron chi connectivity index (χ2n) is 11.3. The summed E-state index contributed by atoms with van der Waals surface area (Å²) in [5, 5.41) is 2.97. The normalized spacial score (nSPS) is 12.0. The summed E-state index contributed by atoms with van der Waals surface area (Å²) in [5.41, 5.74) is 2.60. The fourth-order valence-corrected chi connectivity index (χ4v) is 6.42. The number of nitrogens with zero attached hydrogens (tertiary/aromatic N) is 2. The number of hydrogen-bond acceptors (Lipinski definition) is 4. The van der Waals surface area contributed by atoms with E-state index >= 15 is 0 Å². The standard InChI is InChI=1S/C35H37BrFN3O4S/c1-25(2)22-38-35(42)33(21-27-7-5-4-6-8-27)39(23-28-11-13-29(36)14-12-28)34(41)24-40(31-17-15-30(37)16-18-31)45(43,44)32-19-9-26(3)10-20-32/h4-20,25,33H,21-24H2,1-3H3,(H,38,42). The predicted octanol–water partition coefficient (Wildman–Crippen LogP) is 6.50. The van der Waals surface area contributed by atoms with Crippen LogP contribution in [0.1, 0.15) is 30.5 Å². The summed E-state index contributed by atoms with van der Waals surface area (Å²) in [6.07, 6.45) is 0.217. The number of aryl methyl sites for hydroxylation is 1. The van der Waals surface area contributed by atoms with Crippen molar-refractivity contribution >= 4 is 43.5 Å². The first-order chi connectivity index (χ1) is 21.4. The molecule has 1 N–H and O–H groups in total. The fourth-order valence-electron chi connectivity index (χ4n) is 4.74. The van der Waals surface area contributed by atoms with E-state index in [0.717, 1.165) is 37.6 Å². The minimum Gasteiger partial charge on any atom is -0.354 e. The molecule has 0 aromatic heterocycles. The van der Waals surface area contributed by atoms with Crippen LogP contribution >= 0.6 is 15.9 Å². The Balaban J connectivity index is 1.79. The number of halogens is 2. The third-order valence-electron chi connectivity index (χ3n) is 7.22. The molecule has 236 valence electrons. The quantitative estimate of drug-likeness (QED) is 0.173. The number of carbonyl (C=O) groups is 2. The van der Waals surface area contributed by atoms with Gasteiger partial charge in [0.1, 0.15) is 18.4 Å². The summed E-state index contributed by atoms with van der Waals surface area (Å²) in [6, 6.07) is 27.0. The molecule has 4 aromatic rings. The first-order valence-corrected chi connectivity index (χ1v) is 16.9. The third kappa shape index (κ3) is 9.25. The Bertz CT molecular complexity index is 1680. The molecule has 1 unspecified atom stereocenters. The zero-order valence-corrected chi connectivity index (χ0v) is 27.9. The fraction of sp³-hybridized carbons (Fsp3) is 0.257. The van der Waals surface area contributed by atoms with Crippen molar-refractivity contribution in [3.63, 3.8) is 0 Å². The maximum atomic E-state index is 14.4. The second-order valence-corrected chi connectivity index (χ2v) is 14.1. The molecule has 0 radical (unpaired) electrons. The molecular formula is C35H37BrFN3O4S. The van der Waals surface area contributed by atoms with Crippen molar-refractivity contribution in [3.05, 3.63) is 130 Å². The van der Waals surface area contributed by atoms with E-state index in [4.69, 9.17) is 0 Å². The lowest BCUT2D eigenvalue weighted by Crippen LogP contribution is -2.53. The summed E-state index contributed by atoms with van der Waals surface area (Å²) in [4.78, 5) is 29.7. The number of anilines is 1. The minimum absolute atomic E-state index is 0.0137. The molecule has 0 spiro atoms. The van der Waals surface area contributed by atoms with Crippen LogP contribution in [0, 0.1) is 18.7 Å². The van der Waals surface area contributed by atoms with Crippen molar-refractivity contribution in [2.45, 2.75) is 44.7 Å². The van der Waals surface area contributed by atoms with Gasteiger partial charge in [-0.3, -0.25) is 13.9 Å². The zero-order valence-electron chi connectivity index (χ0n) is 25.5. The van der Waals surface area contributed by atoms with Gasteiger partial charge in [-0.15, -0.1) is 0 Å². The number of sulfonamides is 1. The first-order valence-electron chi connectivity index (χ1n) is 14.6. The summed E-state index contributed by atoms with van der Waals surface area (Å²) in [5.74, 6) is -1.29. The molecular weight excluding hydrogens is 657 g/mol. The summed E-state index contributed by atoms with van der Waals surface area (Å²) in [7, 11) is -4.26. The Morgan fingerprint density at radius 1 is 0.844 bits per heavy atom. The Labute approximate surface area is 273 Å². The third-order valence-corrected chi connectivity index (χ3v) is 9.54. The van der Waals surface area contributed by atoms with E-state index in [1.54, 1.807) is 12.1 Å². The van der Waals surface area contributed by atoms with Crippen LogP contribution in [-0.2, 0) is 32.6 Å². The maximum absolute atomic E-state index is 14.4. The van der Waals surface area contributed by atoms with Gasteiger partial charge in [0.05, 0.1) is 10.6 Å². The highest BCUT2D eigenvalue weighted by molar-refractivity contribution is 9.10. The molecule has 4 aromatic carbocycles. The predicted molar refractivity (Wildman–Crippen MR) is 179 cm³/mol. The maximum Gasteiger partial charge on any atom is 0.264 e. The molecule has 0 bridgehead atoms. The number of hydrogen-bond donors (Lipinski definition) is 1. The SMILES string of the molecule is Cc1ccc(S(=O)(=O)N(CC(=O)N(Cc2ccc(Br)cc2)C(Cc2ccccc2)C(=O)NCC(C)C)c2ccc(F)cc2)cc1. The van der Waals surface area contributed by atoms with Crippen LogP contribution in [0.3, 0.4) is 0 Å². The highest BCUT2D eigenvalue weighted by Gasteiger charge is 2.34. The van der Waals surface area contributed by atoms with Crippen LogP contribution in [0.2, 0.25) is 0 Å². The van der Waals surface area contributed by atoms with Crippen molar-refractivity contribution in [1.29, 1.82) is 0 Å². The Kier molecular flexibility index (Phi) is 11.5. The molecule has 0 saturated carbocycles. The molecule has 0 aliphatic heterocycles. The van der Waals surface area contributed by atoms with Gasteiger partial charge in [0.15, 0.2) is 0 Å². The number of carbonyl (C=O) groups excluding carboxylic acids is 2. The molecule has 4 rings (SSSR count). The van der Waals surface area contributed by atoms with Gasteiger partial charge in [-0.1, -0.05) is 89.9 Å². The van der Waals surface area contributed by atoms with Crippen molar-refractivity contribution in [3.8, 4) is 0 Å². The summed E-state index contributed by atoms with van der Waals surface area (Å²) < 4.78 is 43.8. The summed E-state index contributed by atoms with van der Waals surface area (Å²) >= 11 is 3.44. The number of nitrogens with one attached hydrogen (secondary N) is 1. The van der Waals surface area contributed by atoms with Crippen molar-refractivity contribution in [2.24, 2.45) is 5.92 Å². The van der Waals surface area contributed by atoms with Crippen LogP contribution in [0.5, 0.6) is 0 Å². The van der Waals surface area contributed by atoms with E-state index in [9.17, 15) is 22.4 Å². The smallest absolute Gasteiger partial charge is 0.264 e. The number of amides is 2. The largest absolute Gasteiger partial charge is 0.354 e. The lowest BCUT2D eigenvalue weighted by atomic mass is 10.0. The van der Waals surface area contributed by atoms with Gasteiger partial charge < -0.3 is 10.2 Å². The van der Waals surface area contributed by atoms with Crippen molar-refractivity contribution in [2.75, 3.05) is 17.4 Å². The molecule has 10 heteroatoms. The van der Waals surface area contributed by atoms with Gasteiger partial charge in [-0.2, -0.15) is 0 Å². The average molecular weight is 695 g/mol. The topological polar surface area (TPSA) is 86.8 Å². The van der Waals surface area contributed by atoms with Crippen LogP contribution in [0.4, 0.5) is 10.1 Å². The molecule has 0 heterocycles. The average Bonchev–Trinajstić information content (AvgIpc) is 3.02. The summed E-state index contributed by atoms with van der Waals surface area (Å²) in [6.45, 7) is 5.66. The molecule has 7 nitrogen and oxygen atoms in total. The van der Waals surface area contributed by atoms with E-state index in [2.05, 4.69) is 21.2 Å². The lowest BCUT2D eigenvalue weighted by Gasteiger charge is -2.34. The molecule has 0 aliphatic rings. The van der Waals surface area contributed by atoms with E-state index < -0.39 is 34.3 Å². The van der Waals surface area contributed by atoms with Crippen LogP contribution in [-0.4, -0.2) is 44.3 Å². The van der Waals surface area contributed by atoms with Gasteiger partial charge in [0.2, 0.25) is 11.8 Å². The van der Waals surface area contributed by atoms with E-state index in [1.165, 1.54) is 29.2 Å². The van der Waals surface area contributed by atoms with Gasteiger partial charge >= 0.3 is 0 Å². The lowest BCUT2D eigenvalue weighted by molar-refractivity contribution is -0.140. The Hall–Kier alpha value is -4.02. The number of benzene rings is 4. The highest BCUT2D eigenvalue weighted by Crippen LogP contribution is 2.26. The van der Waals surface area contributed by atoms with E-state index in [0.29, 0.717) is 6.54 Å². The molecule has 45 heavy (non-hydrogen) atoms.